The summed E-state index contributed by atoms with van der Waals surface area (Å²) in [5.74, 6) is 2.24. The summed E-state index contributed by atoms with van der Waals surface area (Å²) >= 11 is 0. The number of rotatable bonds is 4. The summed E-state index contributed by atoms with van der Waals surface area (Å²) in [6.45, 7) is 4.80. The van der Waals surface area contributed by atoms with Crippen molar-refractivity contribution in [3.05, 3.63) is 174 Å². The van der Waals surface area contributed by atoms with E-state index in [1.54, 1.807) is 0 Å². The SMILES string of the molecule is CC1(C)c2ccccc2-c2cc3c(-c4ccc(-c5nc6ccccc6n5-c5ccccc5)cc4)c4ccccc4c(C4=CC5CCCCC5C=C4)c3cc21. The van der Waals surface area contributed by atoms with E-state index >= 15 is 0 Å². The Morgan fingerprint density at radius 3 is 2.07 bits per heavy atom. The lowest BCUT2D eigenvalue weighted by molar-refractivity contribution is 0.336. The van der Waals surface area contributed by atoms with Gasteiger partial charge in [-0.25, -0.2) is 4.98 Å². The predicted octanol–water partition coefficient (Wildman–Crippen LogP) is 13.7. The summed E-state index contributed by atoms with van der Waals surface area (Å²) in [4.78, 5) is 5.18. The Hall–Kier alpha value is -5.99. The largest absolute Gasteiger partial charge is 0.292 e. The van der Waals surface area contributed by atoms with Gasteiger partial charge in [0.1, 0.15) is 5.82 Å². The fourth-order valence-corrected chi connectivity index (χ4v) is 10.2. The first-order chi connectivity index (χ1) is 26.5. The van der Waals surface area contributed by atoms with Crippen molar-refractivity contribution in [1.82, 2.24) is 9.55 Å². The van der Waals surface area contributed by atoms with Crippen LogP contribution >= 0.6 is 0 Å². The van der Waals surface area contributed by atoms with Gasteiger partial charge in [0.05, 0.1) is 11.0 Å². The van der Waals surface area contributed by atoms with Gasteiger partial charge >= 0.3 is 0 Å². The first-order valence-corrected chi connectivity index (χ1v) is 19.7. The third-order valence-electron chi connectivity index (χ3n) is 12.8. The van der Waals surface area contributed by atoms with Crippen molar-refractivity contribution in [3.8, 4) is 39.3 Å². The highest BCUT2D eigenvalue weighted by atomic mass is 15.1. The second-order valence-corrected chi connectivity index (χ2v) is 16.2. The van der Waals surface area contributed by atoms with Gasteiger partial charge in [0.25, 0.3) is 0 Å². The first-order valence-electron chi connectivity index (χ1n) is 19.7. The van der Waals surface area contributed by atoms with Gasteiger partial charge in [0, 0.05) is 16.7 Å². The molecule has 2 atom stereocenters. The van der Waals surface area contributed by atoms with Gasteiger partial charge in [-0.05, 0) is 127 Å². The van der Waals surface area contributed by atoms with Crippen LogP contribution in [0, 0.1) is 11.8 Å². The Kier molecular flexibility index (Phi) is 7.02. The highest BCUT2D eigenvalue weighted by Crippen LogP contribution is 2.53. The summed E-state index contributed by atoms with van der Waals surface area (Å²) in [6.07, 6.45) is 12.9. The van der Waals surface area contributed by atoms with E-state index in [1.807, 2.05) is 0 Å². The second kappa shape index (κ2) is 12.0. The number of hydrogen-bond donors (Lipinski definition) is 0. The molecule has 0 amide bonds. The van der Waals surface area contributed by atoms with Gasteiger partial charge in [-0.2, -0.15) is 0 Å². The molecular formula is C52H42N2. The van der Waals surface area contributed by atoms with Crippen LogP contribution in [0.25, 0.3) is 77.5 Å². The van der Waals surface area contributed by atoms with Gasteiger partial charge in [0.15, 0.2) is 0 Å². The average Bonchev–Trinajstić information content (AvgIpc) is 3.72. The lowest BCUT2D eigenvalue weighted by Crippen LogP contribution is -2.18. The molecule has 0 radical (unpaired) electrons. The Balaban J connectivity index is 1.16. The van der Waals surface area contributed by atoms with Crippen LogP contribution < -0.4 is 0 Å². The fourth-order valence-electron chi connectivity index (χ4n) is 10.2. The summed E-state index contributed by atoms with van der Waals surface area (Å²) in [5, 5.41) is 5.30. The molecule has 1 fully saturated rings. The second-order valence-electron chi connectivity index (χ2n) is 16.2. The van der Waals surface area contributed by atoms with E-state index < -0.39 is 0 Å². The number of allylic oxidation sites excluding steroid dienone is 4. The zero-order chi connectivity index (χ0) is 36.0. The molecule has 1 saturated carbocycles. The molecule has 0 spiro atoms. The molecule has 1 aromatic heterocycles. The molecule has 1 heterocycles. The van der Waals surface area contributed by atoms with Crippen LogP contribution in [0.1, 0.15) is 56.2 Å². The molecule has 2 nitrogen and oxygen atoms in total. The third kappa shape index (κ3) is 4.69. The molecule has 3 aliphatic carbocycles. The highest BCUT2D eigenvalue weighted by Gasteiger charge is 2.36. The molecule has 8 aromatic rings. The molecule has 11 rings (SSSR count). The quantitative estimate of drug-likeness (QED) is 0.168. The maximum absolute atomic E-state index is 5.18. The minimum atomic E-state index is -0.0830. The predicted molar refractivity (Wildman–Crippen MR) is 227 cm³/mol. The van der Waals surface area contributed by atoms with Gasteiger partial charge in [0.2, 0.25) is 0 Å². The molecule has 2 heteroatoms. The molecule has 260 valence electrons. The fraction of sp³-hybridized carbons (Fsp3) is 0.173. The van der Waals surface area contributed by atoms with E-state index in [0.29, 0.717) is 11.8 Å². The normalized spacial score (nSPS) is 18.4. The number of aromatic nitrogens is 2. The number of hydrogen-bond acceptors (Lipinski definition) is 1. The maximum Gasteiger partial charge on any atom is 0.145 e. The van der Waals surface area contributed by atoms with E-state index in [2.05, 4.69) is 176 Å². The van der Waals surface area contributed by atoms with Crippen molar-refractivity contribution in [1.29, 1.82) is 0 Å². The van der Waals surface area contributed by atoms with Gasteiger partial charge in [-0.3, -0.25) is 4.57 Å². The standard InChI is InChI=1S/C52H42N2/c1-52(2)45-21-11-10-18-39(45)42-31-43-44(32-46(42)52)50(37-29-24-33-14-6-7-15-36(33)30-37)41-20-9-8-19-40(41)49(43)34-25-27-35(28-26-34)51-53-47-22-12-13-23-48(47)54(51)38-16-4-3-5-17-38/h3-5,8-13,16-33,36H,6-7,14-15H2,1-2H3. The van der Waals surface area contributed by atoms with E-state index in [1.165, 1.54) is 91.7 Å². The number of para-hydroxylation sites is 3. The van der Waals surface area contributed by atoms with Crippen LogP contribution in [-0.2, 0) is 5.41 Å². The van der Waals surface area contributed by atoms with E-state index in [9.17, 15) is 0 Å². The van der Waals surface area contributed by atoms with Crippen LogP contribution in [0.5, 0.6) is 0 Å². The number of fused-ring (bicyclic) bond motifs is 7. The average molecular weight is 695 g/mol. The summed E-state index contributed by atoms with van der Waals surface area (Å²) in [7, 11) is 0. The molecular weight excluding hydrogens is 653 g/mol. The van der Waals surface area contributed by atoms with Gasteiger partial charge < -0.3 is 0 Å². The highest BCUT2D eigenvalue weighted by molar-refractivity contribution is 6.20. The van der Waals surface area contributed by atoms with Crippen LogP contribution in [0.2, 0.25) is 0 Å². The first kappa shape index (κ1) is 31.5. The van der Waals surface area contributed by atoms with Crippen LogP contribution in [0.4, 0.5) is 0 Å². The number of imidazole rings is 1. The van der Waals surface area contributed by atoms with Crippen molar-refractivity contribution < 1.29 is 0 Å². The summed E-state index contributed by atoms with van der Waals surface area (Å²) < 4.78 is 2.29. The van der Waals surface area contributed by atoms with Crippen molar-refractivity contribution in [2.45, 2.75) is 44.9 Å². The van der Waals surface area contributed by atoms with Gasteiger partial charge in [-0.1, -0.05) is 148 Å². The molecule has 0 saturated heterocycles. The van der Waals surface area contributed by atoms with E-state index in [4.69, 9.17) is 4.98 Å². The lowest BCUT2D eigenvalue weighted by atomic mass is 9.73. The molecule has 54 heavy (non-hydrogen) atoms. The molecule has 3 aliphatic rings. The van der Waals surface area contributed by atoms with Crippen LogP contribution in [-0.4, -0.2) is 9.55 Å². The summed E-state index contributed by atoms with van der Waals surface area (Å²) in [6, 6.07) is 51.5. The molecule has 7 aromatic carbocycles. The third-order valence-corrected chi connectivity index (χ3v) is 12.8. The molecule has 0 N–H and O–H groups in total. The Morgan fingerprint density at radius 1 is 0.574 bits per heavy atom. The van der Waals surface area contributed by atoms with E-state index in [0.717, 1.165) is 28.1 Å². The van der Waals surface area contributed by atoms with Crippen molar-refractivity contribution in [3.63, 3.8) is 0 Å². The zero-order valence-corrected chi connectivity index (χ0v) is 30.9. The molecule has 0 bridgehead atoms. The Morgan fingerprint density at radius 2 is 1.24 bits per heavy atom. The zero-order valence-electron chi connectivity index (χ0n) is 30.9. The van der Waals surface area contributed by atoms with Crippen molar-refractivity contribution in [2.75, 3.05) is 0 Å². The minimum absolute atomic E-state index is 0.0830. The van der Waals surface area contributed by atoms with Crippen molar-refractivity contribution >= 4 is 38.2 Å². The van der Waals surface area contributed by atoms with Gasteiger partial charge in [-0.15, -0.1) is 0 Å². The topological polar surface area (TPSA) is 17.8 Å². The molecule has 0 aliphatic heterocycles. The summed E-state index contributed by atoms with van der Waals surface area (Å²) in [5.41, 5.74) is 15.1. The molecule has 2 unspecified atom stereocenters. The Labute approximate surface area is 317 Å². The van der Waals surface area contributed by atoms with Crippen LogP contribution in [0.3, 0.4) is 0 Å². The lowest BCUT2D eigenvalue weighted by Gasteiger charge is -2.31. The Bertz CT molecular complexity index is 2850. The minimum Gasteiger partial charge on any atom is -0.292 e. The smallest absolute Gasteiger partial charge is 0.145 e. The van der Waals surface area contributed by atoms with E-state index in [-0.39, 0.29) is 5.41 Å². The monoisotopic (exact) mass is 694 g/mol. The van der Waals surface area contributed by atoms with Crippen molar-refractivity contribution in [2.24, 2.45) is 11.8 Å². The van der Waals surface area contributed by atoms with Crippen LogP contribution in [0.15, 0.2) is 158 Å². The number of nitrogens with zero attached hydrogens (tertiary/aromatic N) is 2. The number of benzene rings is 7. The maximum atomic E-state index is 5.18.